The number of alkyl halides is 3. The molecule has 3 aromatic rings. The van der Waals surface area contributed by atoms with Crippen LogP contribution in [0.15, 0.2) is 58.3 Å². The van der Waals surface area contributed by atoms with E-state index in [1.54, 1.807) is 0 Å². The van der Waals surface area contributed by atoms with Gasteiger partial charge in [-0.25, -0.2) is 18.6 Å². The van der Waals surface area contributed by atoms with Gasteiger partial charge in [0.15, 0.2) is 5.82 Å². The number of sulfonamides is 1. The maximum atomic E-state index is 15.2. The third kappa shape index (κ3) is 5.89. The number of halogens is 5. The summed E-state index contributed by atoms with van der Waals surface area (Å²) < 4.78 is 94.2. The third-order valence-electron chi connectivity index (χ3n) is 5.93. The van der Waals surface area contributed by atoms with Crippen molar-refractivity contribution < 1.29 is 40.0 Å². The maximum absolute atomic E-state index is 15.2. The van der Waals surface area contributed by atoms with E-state index in [4.69, 9.17) is 0 Å². The summed E-state index contributed by atoms with van der Waals surface area (Å²) in [6.07, 6.45) is -4.93. The lowest BCUT2D eigenvalue weighted by molar-refractivity contribution is -0.199. The summed E-state index contributed by atoms with van der Waals surface area (Å²) in [7, 11) is -3.81. The average molecular weight is 577 g/mol. The molecular formula is C23H21F5N4O4S2. The van der Waals surface area contributed by atoms with Crippen molar-refractivity contribution in [1.29, 1.82) is 0 Å². The van der Waals surface area contributed by atoms with Gasteiger partial charge in [0.25, 0.3) is 10.0 Å². The molecule has 0 spiro atoms. The summed E-state index contributed by atoms with van der Waals surface area (Å²) in [4.78, 5) is 21.2. The van der Waals surface area contributed by atoms with Crippen LogP contribution in [0.4, 0.5) is 33.5 Å². The Morgan fingerprint density at radius 3 is 2.53 bits per heavy atom. The summed E-state index contributed by atoms with van der Waals surface area (Å²) in [5.74, 6) is -6.20. The number of anilines is 2. The minimum atomic E-state index is -5.56. The molecule has 1 aliphatic heterocycles. The lowest BCUT2D eigenvalue weighted by atomic mass is 10.2. The van der Waals surface area contributed by atoms with Crippen LogP contribution in [-0.2, 0) is 26.2 Å². The zero-order valence-corrected chi connectivity index (χ0v) is 21.4. The highest BCUT2D eigenvalue weighted by atomic mass is 32.2. The zero-order valence-electron chi connectivity index (χ0n) is 19.7. The van der Waals surface area contributed by atoms with E-state index in [-0.39, 0.29) is 11.7 Å². The van der Waals surface area contributed by atoms with Crippen LogP contribution in [0, 0.1) is 11.6 Å². The van der Waals surface area contributed by atoms with E-state index in [1.165, 1.54) is 11.9 Å². The van der Waals surface area contributed by atoms with E-state index in [9.17, 15) is 26.4 Å². The normalized spacial score (nSPS) is 16.4. The van der Waals surface area contributed by atoms with E-state index in [0.717, 1.165) is 27.8 Å². The van der Waals surface area contributed by atoms with Crippen molar-refractivity contribution >= 4 is 38.8 Å². The van der Waals surface area contributed by atoms with Gasteiger partial charge in [0.05, 0.1) is 11.2 Å². The molecule has 204 valence electrons. The number of likely N-dealkylation sites (N-methyl/N-ethyl adjacent to an activating group) is 1. The quantitative estimate of drug-likeness (QED) is 0.291. The number of thiazole rings is 1. The Balaban J connectivity index is 1.57. The Morgan fingerprint density at radius 2 is 1.89 bits per heavy atom. The molecule has 38 heavy (non-hydrogen) atoms. The first-order chi connectivity index (χ1) is 17.9. The highest BCUT2D eigenvalue weighted by Gasteiger charge is 2.46. The molecule has 0 radical (unpaired) electrons. The van der Waals surface area contributed by atoms with Gasteiger partial charge < -0.3 is 9.74 Å². The fourth-order valence-corrected chi connectivity index (χ4v) is 5.85. The standard InChI is InChI=1S/C23H21F5N4O4S2/c1-30(16-7-8-31(12-16)11-15-5-3-2-4-6-15)19-9-18(25)20(10-17(19)24)38(34,35)32(21-13-37-14-29-21)36-22(33)23(26,27)28/h2-6,9-10,13-14,16H,7-8,11-12H2,1H3/t16-/m0/s1. The van der Waals surface area contributed by atoms with E-state index < -0.39 is 49.0 Å². The molecule has 0 amide bonds. The first-order valence-electron chi connectivity index (χ1n) is 11.1. The van der Waals surface area contributed by atoms with Gasteiger partial charge in [-0.15, -0.1) is 11.3 Å². The predicted molar refractivity (Wildman–Crippen MR) is 129 cm³/mol. The summed E-state index contributed by atoms with van der Waals surface area (Å²) in [6, 6.07) is 10.5. The van der Waals surface area contributed by atoms with E-state index >= 15 is 8.78 Å². The van der Waals surface area contributed by atoms with Crippen LogP contribution in [0.3, 0.4) is 0 Å². The highest BCUT2D eigenvalue weighted by Crippen LogP contribution is 2.33. The number of aromatic nitrogens is 1. The molecule has 1 aromatic heterocycles. The molecule has 0 unspecified atom stereocenters. The monoisotopic (exact) mass is 576 g/mol. The van der Waals surface area contributed by atoms with E-state index in [2.05, 4.69) is 14.7 Å². The summed E-state index contributed by atoms with van der Waals surface area (Å²) >= 11 is 0.774. The summed E-state index contributed by atoms with van der Waals surface area (Å²) in [6.45, 7) is 1.91. The molecular weight excluding hydrogens is 555 g/mol. The highest BCUT2D eigenvalue weighted by molar-refractivity contribution is 7.92. The summed E-state index contributed by atoms with van der Waals surface area (Å²) in [5, 5.41) is 0.957. The predicted octanol–water partition coefficient (Wildman–Crippen LogP) is 4.35. The Morgan fingerprint density at radius 1 is 1.18 bits per heavy atom. The largest absolute Gasteiger partial charge is 0.493 e. The Bertz CT molecular complexity index is 1390. The van der Waals surface area contributed by atoms with Crippen molar-refractivity contribution in [2.75, 3.05) is 29.5 Å². The molecule has 0 aliphatic carbocycles. The van der Waals surface area contributed by atoms with Crippen LogP contribution in [0.5, 0.6) is 0 Å². The second-order valence-electron chi connectivity index (χ2n) is 8.46. The van der Waals surface area contributed by atoms with Crippen LogP contribution in [0.1, 0.15) is 12.0 Å². The molecule has 0 saturated carbocycles. The minimum Gasteiger partial charge on any atom is -0.368 e. The van der Waals surface area contributed by atoms with Gasteiger partial charge in [0.2, 0.25) is 0 Å². The number of likely N-dealkylation sites (tertiary alicyclic amines) is 1. The maximum Gasteiger partial charge on any atom is 0.493 e. The SMILES string of the molecule is CN(c1cc(F)c(S(=O)(=O)N(OC(=O)C(F)(F)F)c2cscn2)cc1F)[C@H]1CCN(Cc2ccccc2)C1. The fourth-order valence-electron chi connectivity index (χ4n) is 4.03. The number of carbonyl (C=O) groups excluding carboxylic acids is 1. The fraction of sp³-hybridized carbons (Fsp3) is 0.304. The number of nitrogens with zero attached hydrogens (tertiary/aromatic N) is 4. The van der Waals surface area contributed by atoms with E-state index in [1.807, 2.05) is 30.3 Å². The van der Waals surface area contributed by atoms with Gasteiger partial charge in [-0.1, -0.05) is 34.8 Å². The Kier molecular flexibility index (Phi) is 7.90. The first-order valence-corrected chi connectivity index (χ1v) is 13.5. The number of carbonyl (C=O) groups is 1. The molecule has 15 heteroatoms. The van der Waals surface area contributed by atoms with Gasteiger partial charge in [-0.2, -0.15) is 21.6 Å². The van der Waals surface area contributed by atoms with Gasteiger partial charge in [0.1, 0.15) is 16.5 Å². The van der Waals surface area contributed by atoms with Crippen molar-refractivity contribution in [2.45, 2.75) is 30.1 Å². The average Bonchev–Trinajstić information content (AvgIpc) is 3.55. The topological polar surface area (TPSA) is 83.1 Å². The number of rotatable bonds is 8. The van der Waals surface area contributed by atoms with Gasteiger partial charge in [-0.05, 0) is 18.1 Å². The second kappa shape index (κ2) is 10.8. The molecule has 0 N–H and O–H groups in total. The number of hydrogen-bond acceptors (Lipinski definition) is 8. The first kappa shape index (κ1) is 27.7. The van der Waals surface area contributed by atoms with Crippen LogP contribution >= 0.6 is 11.3 Å². The van der Waals surface area contributed by atoms with Crippen LogP contribution in [-0.4, -0.2) is 56.6 Å². The number of benzene rings is 2. The lowest BCUT2D eigenvalue weighted by Gasteiger charge is -2.28. The van der Waals surface area contributed by atoms with Crippen LogP contribution < -0.4 is 9.37 Å². The van der Waals surface area contributed by atoms with Gasteiger partial charge in [0, 0.05) is 44.2 Å². The van der Waals surface area contributed by atoms with Crippen molar-refractivity contribution in [3.8, 4) is 0 Å². The van der Waals surface area contributed by atoms with Crippen LogP contribution in [0.25, 0.3) is 0 Å². The number of hydrogen-bond donors (Lipinski definition) is 0. The third-order valence-corrected chi connectivity index (χ3v) is 8.07. The minimum absolute atomic E-state index is 0.214. The molecule has 2 heterocycles. The molecule has 2 aromatic carbocycles. The molecule has 1 saturated heterocycles. The van der Waals surface area contributed by atoms with Crippen LogP contribution in [0.2, 0.25) is 0 Å². The Labute approximate surface area is 218 Å². The van der Waals surface area contributed by atoms with Crippen molar-refractivity contribution in [3.05, 3.63) is 70.6 Å². The molecule has 4 rings (SSSR count). The smallest absolute Gasteiger partial charge is 0.368 e. The second-order valence-corrected chi connectivity index (χ2v) is 10.9. The lowest BCUT2D eigenvalue weighted by Crippen LogP contribution is -2.39. The van der Waals surface area contributed by atoms with Crippen molar-refractivity contribution in [2.24, 2.45) is 0 Å². The van der Waals surface area contributed by atoms with Crippen molar-refractivity contribution in [1.82, 2.24) is 9.88 Å². The van der Waals surface area contributed by atoms with Crippen molar-refractivity contribution in [3.63, 3.8) is 0 Å². The Hall–Kier alpha value is -3.30. The molecule has 1 aliphatic rings. The molecule has 0 bridgehead atoms. The van der Waals surface area contributed by atoms with Gasteiger partial charge in [-0.3, -0.25) is 4.90 Å². The zero-order chi connectivity index (χ0) is 27.7. The van der Waals surface area contributed by atoms with E-state index in [0.29, 0.717) is 38.2 Å². The van der Waals surface area contributed by atoms with Gasteiger partial charge >= 0.3 is 12.1 Å². The molecule has 1 atom stereocenters. The summed E-state index contributed by atoms with van der Waals surface area (Å²) in [5.41, 5.74) is 1.91. The molecule has 8 nitrogen and oxygen atoms in total. The molecule has 1 fully saturated rings.